The zero-order valence-corrected chi connectivity index (χ0v) is 14.1. The monoisotopic (exact) mass is 376 g/mol. The van der Waals surface area contributed by atoms with Crippen molar-refractivity contribution in [3.63, 3.8) is 0 Å². The minimum Gasteiger partial charge on any atom is -0.484 e. The average Bonchev–Trinajstić information content (AvgIpc) is 3.04. The lowest BCUT2D eigenvalue weighted by Gasteiger charge is -2.17. The van der Waals surface area contributed by atoms with Crippen molar-refractivity contribution in [2.24, 2.45) is 0 Å². The SMILES string of the molecule is O=C(COc1ccccc1)N1CCC(Oc2ncccc2Br)C1. The number of halogens is 1. The Morgan fingerprint density at radius 3 is 2.87 bits per heavy atom. The maximum absolute atomic E-state index is 12.2. The van der Waals surface area contributed by atoms with Gasteiger partial charge >= 0.3 is 0 Å². The number of nitrogens with zero attached hydrogens (tertiary/aromatic N) is 2. The summed E-state index contributed by atoms with van der Waals surface area (Å²) < 4.78 is 12.2. The molecule has 1 aromatic heterocycles. The average molecular weight is 377 g/mol. The molecule has 0 N–H and O–H groups in total. The Labute approximate surface area is 143 Å². The van der Waals surface area contributed by atoms with E-state index >= 15 is 0 Å². The first-order chi connectivity index (χ1) is 11.2. The number of ether oxygens (including phenoxy) is 2. The summed E-state index contributed by atoms with van der Waals surface area (Å²) in [4.78, 5) is 18.2. The molecule has 1 aromatic carbocycles. The molecule has 0 bridgehead atoms. The standard InChI is InChI=1S/C17H17BrN2O3/c18-15-7-4-9-19-17(15)23-14-8-10-20(11-14)16(21)12-22-13-5-2-1-3-6-13/h1-7,9,14H,8,10-12H2. The lowest BCUT2D eigenvalue weighted by Crippen LogP contribution is -2.34. The number of amides is 1. The molecule has 0 spiro atoms. The Morgan fingerprint density at radius 1 is 1.26 bits per heavy atom. The smallest absolute Gasteiger partial charge is 0.260 e. The summed E-state index contributed by atoms with van der Waals surface area (Å²) in [6, 6.07) is 13.1. The van der Waals surface area contributed by atoms with E-state index in [1.807, 2.05) is 42.5 Å². The molecule has 2 aromatic rings. The molecular formula is C17H17BrN2O3. The Bertz CT molecular complexity index is 666. The molecule has 1 aliphatic rings. The van der Waals surface area contributed by atoms with E-state index in [2.05, 4.69) is 20.9 Å². The Balaban J connectivity index is 1.49. The molecule has 23 heavy (non-hydrogen) atoms. The molecular weight excluding hydrogens is 360 g/mol. The van der Waals surface area contributed by atoms with Gasteiger partial charge in [-0.05, 0) is 40.2 Å². The van der Waals surface area contributed by atoms with Crippen LogP contribution in [0.25, 0.3) is 0 Å². The van der Waals surface area contributed by atoms with E-state index in [4.69, 9.17) is 9.47 Å². The number of hydrogen-bond donors (Lipinski definition) is 0. The molecule has 0 saturated carbocycles. The van der Waals surface area contributed by atoms with Crippen LogP contribution in [0.1, 0.15) is 6.42 Å². The number of pyridine rings is 1. The van der Waals surface area contributed by atoms with E-state index in [9.17, 15) is 4.79 Å². The highest BCUT2D eigenvalue weighted by atomic mass is 79.9. The number of para-hydroxylation sites is 1. The van der Waals surface area contributed by atoms with Crippen LogP contribution in [-0.2, 0) is 4.79 Å². The van der Waals surface area contributed by atoms with Gasteiger partial charge in [0.05, 0.1) is 11.0 Å². The summed E-state index contributed by atoms with van der Waals surface area (Å²) >= 11 is 3.41. The van der Waals surface area contributed by atoms with Gasteiger partial charge in [-0.15, -0.1) is 0 Å². The van der Waals surface area contributed by atoms with Gasteiger partial charge < -0.3 is 14.4 Å². The molecule has 6 heteroatoms. The van der Waals surface area contributed by atoms with E-state index < -0.39 is 0 Å². The second kappa shape index (κ2) is 7.46. The summed E-state index contributed by atoms with van der Waals surface area (Å²) in [7, 11) is 0. The molecule has 1 fully saturated rings. The number of carbonyl (C=O) groups is 1. The molecule has 1 atom stereocenters. The minimum absolute atomic E-state index is 0.0277. The van der Waals surface area contributed by atoms with Gasteiger partial charge in [0.2, 0.25) is 5.88 Å². The van der Waals surface area contributed by atoms with Crippen LogP contribution in [0, 0.1) is 0 Å². The van der Waals surface area contributed by atoms with Crippen LogP contribution in [0.4, 0.5) is 0 Å². The van der Waals surface area contributed by atoms with Crippen LogP contribution in [0.3, 0.4) is 0 Å². The summed E-state index contributed by atoms with van der Waals surface area (Å²) in [5.74, 6) is 1.23. The highest BCUT2D eigenvalue weighted by Crippen LogP contribution is 2.24. The second-order valence-corrected chi connectivity index (χ2v) is 6.11. The third kappa shape index (κ3) is 4.22. The van der Waals surface area contributed by atoms with Crippen LogP contribution < -0.4 is 9.47 Å². The van der Waals surface area contributed by atoms with Gasteiger partial charge in [0, 0.05) is 19.2 Å². The summed E-state index contributed by atoms with van der Waals surface area (Å²) in [5.41, 5.74) is 0. The number of hydrogen-bond acceptors (Lipinski definition) is 4. The summed E-state index contributed by atoms with van der Waals surface area (Å²) in [6.45, 7) is 1.27. The van der Waals surface area contributed by atoms with Crippen molar-refractivity contribution in [2.45, 2.75) is 12.5 Å². The molecule has 3 rings (SSSR count). The number of aromatic nitrogens is 1. The van der Waals surface area contributed by atoms with Crippen LogP contribution in [0.5, 0.6) is 11.6 Å². The van der Waals surface area contributed by atoms with Crippen molar-refractivity contribution in [1.29, 1.82) is 0 Å². The predicted molar refractivity (Wildman–Crippen MR) is 89.5 cm³/mol. The Morgan fingerprint density at radius 2 is 2.09 bits per heavy atom. The van der Waals surface area contributed by atoms with Crippen LogP contribution in [0.15, 0.2) is 53.1 Å². The van der Waals surface area contributed by atoms with E-state index in [1.165, 1.54) is 0 Å². The lowest BCUT2D eigenvalue weighted by atomic mass is 10.3. The molecule has 2 heterocycles. The lowest BCUT2D eigenvalue weighted by molar-refractivity contribution is -0.132. The van der Waals surface area contributed by atoms with Gasteiger partial charge in [-0.3, -0.25) is 4.79 Å². The largest absolute Gasteiger partial charge is 0.484 e. The maximum atomic E-state index is 12.2. The molecule has 0 radical (unpaired) electrons. The molecule has 1 unspecified atom stereocenters. The first-order valence-electron chi connectivity index (χ1n) is 7.45. The number of likely N-dealkylation sites (tertiary alicyclic amines) is 1. The molecule has 1 saturated heterocycles. The second-order valence-electron chi connectivity index (χ2n) is 5.26. The van der Waals surface area contributed by atoms with Gasteiger partial charge in [0.15, 0.2) is 6.61 Å². The Hall–Kier alpha value is -2.08. The van der Waals surface area contributed by atoms with Crippen molar-refractivity contribution >= 4 is 21.8 Å². The third-order valence-electron chi connectivity index (χ3n) is 3.61. The molecule has 1 amide bonds. The van der Waals surface area contributed by atoms with E-state index in [-0.39, 0.29) is 18.6 Å². The molecule has 120 valence electrons. The summed E-state index contributed by atoms with van der Waals surface area (Å²) in [6.07, 6.45) is 2.44. The fraction of sp³-hybridized carbons (Fsp3) is 0.294. The molecule has 1 aliphatic heterocycles. The van der Waals surface area contributed by atoms with Crippen molar-refractivity contribution < 1.29 is 14.3 Å². The van der Waals surface area contributed by atoms with E-state index in [0.717, 1.165) is 10.9 Å². The van der Waals surface area contributed by atoms with Crippen molar-refractivity contribution in [3.8, 4) is 11.6 Å². The first-order valence-corrected chi connectivity index (χ1v) is 8.24. The quantitative estimate of drug-likeness (QED) is 0.804. The van der Waals surface area contributed by atoms with Crippen LogP contribution >= 0.6 is 15.9 Å². The van der Waals surface area contributed by atoms with Crippen molar-refractivity contribution in [1.82, 2.24) is 9.88 Å². The van der Waals surface area contributed by atoms with Crippen LogP contribution in [-0.4, -0.2) is 41.6 Å². The normalized spacial score (nSPS) is 17.1. The van der Waals surface area contributed by atoms with Crippen molar-refractivity contribution in [3.05, 3.63) is 53.1 Å². The fourth-order valence-electron chi connectivity index (χ4n) is 2.42. The van der Waals surface area contributed by atoms with Gasteiger partial charge in [-0.1, -0.05) is 18.2 Å². The highest BCUT2D eigenvalue weighted by molar-refractivity contribution is 9.10. The molecule has 0 aliphatic carbocycles. The third-order valence-corrected chi connectivity index (χ3v) is 4.21. The predicted octanol–water partition coefficient (Wildman–Crippen LogP) is 2.90. The fourth-order valence-corrected chi connectivity index (χ4v) is 2.77. The van der Waals surface area contributed by atoms with Gasteiger partial charge in [-0.25, -0.2) is 4.98 Å². The number of carbonyl (C=O) groups excluding carboxylic acids is 1. The first kappa shape index (κ1) is 15.8. The van der Waals surface area contributed by atoms with Gasteiger partial charge in [-0.2, -0.15) is 0 Å². The zero-order valence-electron chi connectivity index (χ0n) is 12.5. The van der Waals surface area contributed by atoms with Crippen molar-refractivity contribution in [2.75, 3.05) is 19.7 Å². The van der Waals surface area contributed by atoms with Gasteiger partial charge in [0.25, 0.3) is 5.91 Å². The van der Waals surface area contributed by atoms with E-state index in [0.29, 0.717) is 24.7 Å². The van der Waals surface area contributed by atoms with Crippen LogP contribution in [0.2, 0.25) is 0 Å². The maximum Gasteiger partial charge on any atom is 0.260 e. The molecule has 5 nitrogen and oxygen atoms in total. The minimum atomic E-state index is -0.0399. The van der Waals surface area contributed by atoms with Gasteiger partial charge in [0.1, 0.15) is 11.9 Å². The Kier molecular flexibility index (Phi) is 5.12. The zero-order chi connectivity index (χ0) is 16.1. The number of benzene rings is 1. The summed E-state index contributed by atoms with van der Waals surface area (Å²) in [5, 5.41) is 0. The number of rotatable bonds is 5. The van der Waals surface area contributed by atoms with E-state index in [1.54, 1.807) is 11.1 Å². The highest BCUT2D eigenvalue weighted by Gasteiger charge is 2.28. The topological polar surface area (TPSA) is 51.7 Å².